The minimum absolute atomic E-state index is 0.300. The fraction of sp³-hybridized carbons (Fsp3) is 0.158. The van der Waals surface area contributed by atoms with E-state index in [9.17, 15) is 4.39 Å². The van der Waals surface area contributed by atoms with Crippen molar-refractivity contribution in [3.63, 3.8) is 0 Å². The Kier molecular flexibility index (Phi) is 4.79. The summed E-state index contributed by atoms with van der Waals surface area (Å²) in [6.45, 7) is 1.00. The van der Waals surface area contributed by atoms with Gasteiger partial charge >= 0.3 is 0 Å². The van der Waals surface area contributed by atoms with Gasteiger partial charge in [-0.05, 0) is 36.0 Å². The predicted octanol–water partition coefficient (Wildman–Crippen LogP) is 4.93. The van der Waals surface area contributed by atoms with Crippen molar-refractivity contribution in [3.8, 4) is 5.75 Å². The van der Waals surface area contributed by atoms with Gasteiger partial charge in [-0.25, -0.2) is 4.39 Å². The fourth-order valence-corrected chi connectivity index (χ4v) is 2.83. The quantitative estimate of drug-likeness (QED) is 0.716. The molecule has 1 N–H and O–H groups in total. The molecule has 23 heavy (non-hydrogen) atoms. The van der Waals surface area contributed by atoms with Gasteiger partial charge in [0.15, 0.2) is 0 Å². The first-order valence-electron chi connectivity index (χ1n) is 7.41. The first kappa shape index (κ1) is 15.8. The third-order valence-corrected chi connectivity index (χ3v) is 4.10. The first-order valence-corrected chi connectivity index (χ1v) is 7.79. The molecule has 3 aromatic rings. The largest absolute Gasteiger partial charge is 0.488 e. The molecule has 0 aliphatic rings. The summed E-state index contributed by atoms with van der Waals surface area (Å²) in [7, 11) is 1.91. The monoisotopic (exact) mass is 329 g/mol. The maximum Gasteiger partial charge on any atom is 0.124 e. The van der Waals surface area contributed by atoms with E-state index in [0.717, 1.165) is 22.3 Å². The molecule has 0 saturated heterocycles. The molecule has 0 unspecified atom stereocenters. The molecule has 0 aliphatic carbocycles. The van der Waals surface area contributed by atoms with Gasteiger partial charge in [-0.1, -0.05) is 48.0 Å². The summed E-state index contributed by atoms with van der Waals surface area (Å²) in [5.41, 5.74) is 1.86. The van der Waals surface area contributed by atoms with Crippen LogP contribution in [0.5, 0.6) is 5.75 Å². The van der Waals surface area contributed by atoms with Crippen LogP contribution in [0.4, 0.5) is 4.39 Å². The Morgan fingerprint density at radius 2 is 1.91 bits per heavy atom. The van der Waals surface area contributed by atoms with Crippen LogP contribution in [0.3, 0.4) is 0 Å². The lowest BCUT2D eigenvalue weighted by atomic mass is 10.0. The molecular formula is C19H17ClFNO. The highest BCUT2D eigenvalue weighted by Crippen LogP contribution is 2.29. The highest BCUT2D eigenvalue weighted by molar-refractivity contribution is 6.31. The number of rotatable bonds is 5. The molecule has 3 aromatic carbocycles. The van der Waals surface area contributed by atoms with Gasteiger partial charge in [0, 0.05) is 17.7 Å². The van der Waals surface area contributed by atoms with Gasteiger partial charge in [-0.2, -0.15) is 0 Å². The lowest BCUT2D eigenvalue weighted by Crippen LogP contribution is -2.08. The van der Waals surface area contributed by atoms with E-state index in [4.69, 9.17) is 16.3 Å². The molecule has 3 rings (SSSR count). The van der Waals surface area contributed by atoms with Crippen LogP contribution in [-0.2, 0) is 13.2 Å². The van der Waals surface area contributed by atoms with Crippen LogP contribution in [0.2, 0.25) is 5.02 Å². The van der Waals surface area contributed by atoms with E-state index in [1.807, 2.05) is 31.3 Å². The van der Waals surface area contributed by atoms with Crippen molar-refractivity contribution in [1.82, 2.24) is 5.32 Å². The molecule has 0 aromatic heterocycles. The summed E-state index contributed by atoms with van der Waals surface area (Å²) in [5.74, 6) is 0.457. The smallest absolute Gasteiger partial charge is 0.124 e. The molecule has 0 radical (unpaired) electrons. The molecule has 118 valence electrons. The van der Waals surface area contributed by atoms with E-state index in [1.54, 1.807) is 6.07 Å². The van der Waals surface area contributed by atoms with Gasteiger partial charge in [-0.15, -0.1) is 0 Å². The average molecular weight is 330 g/mol. The minimum atomic E-state index is -0.347. The maximum absolute atomic E-state index is 13.1. The molecular weight excluding hydrogens is 313 g/mol. The van der Waals surface area contributed by atoms with Gasteiger partial charge in [0.05, 0.1) is 5.02 Å². The van der Waals surface area contributed by atoms with Gasteiger partial charge in [0.2, 0.25) is 0 Å². The van der Waals surface area contributed by atoms with E-state index >= 15 is 0 Å². The van der Waals surface area contributed by atoms with E-state index in [0.29, 0.717) is 18.2 Å². The summed E-state index contributed by atoms with van der Waals surface area (Å²) in [6, 6.07) is 16.5. The van der Waals surface area contributed by atoms with Gasteiger partial charge in [-0.3, -0.25) is 0 Å². The third-order valence-electron chi connectivity index (χ3n) is 3.75. The zero-order valence-corrected chi connectivity index (χ0v) is 13.5. The van der Waals surface area contributed by atoms with Crippen molar-refractivity contribution in [2.75, 3.05) is 7.05 Å². The molecule has 0 amide bonds. The zero-order valence-electron chi connectivity index (χ0n) is 12.8. The second-order valence-corrected chi connectivity index (χ2v) is 5.73. The van der Waals surface area contributed by atoms with Crippen molar-refractivity contribution in [2.24, 2.45) is 0 Å². The number of fused-ring (bicyclic) bond motifs is 1. The van der Waals surface area contributed by atoms with Crippen LogP contribution in [0.15, 0.2) is 54.6 Å². The highest BCUT2D eigenvalue weighted by Gasteiger charge is 2.09. The van der Waals surface area contributed by atoms with Crippen molar-refractivity contribution >= 4 is 22.4 Å². The Morgan fingerprint density at radius 3 is 2.70 bits per heavy atom. The third kappa shape index (κ3) is 3.46. The van der Waals surface area contributed by atoms with Crippen molar-refractivity contribution < 1.29 is 9.13 Å². The molecule has 4 heteroatoms. The number of benzene rings is 3. The normalized spacial score (nSPS) is 10.9. The molecule has 0 bridgehead atoms. The van der Waals surface area contributed by atoms with Crippen LogP contribution >= 0.6 is 11.6 Å². The lowest BCUT2D eigenvalue weighted by Gasteiger charge is -2.15. The molecule has 2 nitrogen and oxygen atoms in total. The van der Waals surface area contributed by atoms with Crippen molar-refractivity contribution in [1.29, 1.82) is 0 Å². The number of halogens is 2. The lowest BCUT2D eigenvalue weighted by molar-refractivity contribution is 0.303. The van der Waals surface area contributed by atoms with Crippen LogP contribution in [0, 0.1) is 5.82 Å². The van der Waals surface area contributed by atoms with Crippen LogP contribution in [-0.4, -0.2) is 7.05 Å². The second-order valence-electron chi connectivity index (χ2n) is 5.32. The van der Waals surface area contributed by atoms with E-state index < -0.39 is 0 Å². The summed E-state index contributed by atoms with van der Waals surface area (Å²) in [4.78, 5) is 0. The molecule has 0 fully saturated rings. The average Bonchev–Trinajstić information content (AvgIpc) is 2.55. The van der Waals surface area contributed by atoms with Crippen molar-refractivity contribution in [2.45, 2.75) is 13.2 Å². The Hall–Kier alpha value is -2.10. The van der Waals surface area contributed by atoms with Crippen LogP contribution in [0.1, 0.15) is 11.1 Å². The zero-order chi connectivity index (χ0) is 16.2. The minimum Gasteiger partial charge on any atom is -0.488 e. The van der Waals surface area contributed by atoms with E-state index in [-0.39, 0.29) is 5.82 Å². The van der Waals surface area contributed by atoms with Gasteiger partial charge in [0.25, 0.3) is 0 Å². The summed E-state index contributed by atoms with van der Waals surface area (Å²) < 4.78 is 19.1. The topological polar surface area (TPSA) is 21.3 Å². The first-order chi connectivity index (χ1) is 11.2. The Balaban J connectivity index is 1.91. The number of hydrogen-bond donors (Lipinski definition) is 1. The molecule has 0 heterocycles. The predicted molar refractivity (Wildman–Crippen MR) is 92.5 cm³/mol. The highest BCUT2D eigenvalue weighted by atomic mass is 35.5. The Morgan fingerprint density at radius 1 is 1.09 bits per heavy atom. The maximum atomic E-state index is 13.1. The summed E-state index contributed by atoms with van der Waals surface area (Å²) in [5, 5.41) is 5.88. The van der Waals surface area contributed by atoms with Crippen LogP contribution < -0.4 is 10.1 Å². The number of nitrogens with one attached hydrogen (secondary N) is 1. The Labute approximate surface area is 139 Å². The molecule has 0 spiro atoms. The fourth-order valence-electron chi connectivity index (χ4n) is 2.60. The van der Waals surface area contributed by atoms with E-state index in [1.165, 1.54) is 17.5 Å². The molecule has 0 saturated carbocycles. The summed E-state index contributed by atoms with van der Waals surface area (Å²) in [6.07, 6.45) is 0. The number of ether oxygens (including phenoxy) is 1. The summed E-state index contributed by atoms with van der Waals surface area (Å²) >= 11 is 6.06. The molecule has 0 aliphatic heterocycles. The molecule has 0 atom stereocenters. The van der Waals surface area contributed by atoms with Crippen molar-refractivity contribution in [3.05, 3.63) is 76.6 Å². The van der Waals surface area contributed by atoms with Crippen LogP contribution in [0.25, 0.3) is 10.8 Å². The standard InChI is InChI=1S/C19H17ClFNO/c1-22-11-17-16-5-3-2-4-13(16)7-9-19(17)23-12-14-6-8-15(21)10-18(14)20/h2-10,22H,11-12H2,1H3. The number of hydrogen-bond acceptors (Lipinski definition) is 2. The Bertz CT molecular complexity index is 835. The van der Waals surface area contributed by atoms with Gasteiger partial charge < -0.3 is 10.1 Å². The van der Waals surface area contributed by atoms with E-state index in [2.05, 4.69) is 17.4 Å². The second kappa shape index (κ2) is 6.99. The SMILES string of the molecule is CNCc1c(OCc2ccc(F)cc2Cl)ccc2ccccc12. The van der Waals surface area contributed by atoms with Gasteiger partial charge in [0.1, 0.15) is 18.2 Å².